The van der Waals surface area contributed by atoms with Gasteiger partial charge in [-0.25, -0.2) is 4.39 Å². The highest BCUT2D eigenvalue weighted by atomic mass is 19.1. The first-order valence-electron chi connectivity index (χ1n) is 7.89. The molecule has 1 aliphatic heterocycles. The molecule has 0 fully saturated rings. The molecule has 126 valence electrons. The van der Waals surface area contributed by atoms with Crippen molar-refractivity contribution in [1.82, 2.24) is 0 Å². The molecular formula is C19H20FNO3. The maximum absolute atomic E-state index is 13.5. The van der Waals surface area contributed by atoms with Crippen LogP contribution in [0.1, 0.15) is 29.3 Å². The smallest absolute Gasteiger partial charge is 0.258 e. The quantitative estimate of drug-likeness (QED) is 0.859. The number of benzene rings is 2. The summed E-state index contributed by atoms with van der Waals surface area (Å²) in [7, 11) is 3.09. The molecule has 0 saturated heterocycles. The van der Waals surface area contributed by atoms with E-state index >= 15 is 0 Å². The molecule has 0 aliphatic carbocycles. The van der Waals surface area contributed by atoms with Gasteiger partial charge in [0, 0.05) is 17.3 Å². The van der Waals surface area contributed by atoms with Crippen LogP contribution in [0.4, 0.5) is 10.1 Å². The van der Waals surface area contributed by atoms with E-state index in [1.807, 2.05) is 6.92 Å². The van der Waals surface area contributed by atoms with Gasteiger partial charge < -0.3 is 14.4 Å². The van der Waals surface area contributed by atoms with Crippen LogP contribution in [0.2, 0.25) is 0 Å². The monoisotopic (exact) mass is 329 g/mol. The zero-order chi connectivity index (χ0) is 17.3. The molecule has 2 aromatic carbocycles. The van der Waals surface area contributed by atoms with Crippen LogP contribution in [0.15, 0.2) is 36.4 Å². The minimum atomic E-state index is -0.276. The van der Waals surface area contributed by atoms with Crippen molar-refractivity contribution < 1.29 is 18.7 Å². The third kappa shape index (κ3) is 2.82. The Bertz CT molecular complexity index is 775. The lowest BCUT2D eigenvalue weighted by Gasteiger charge is -2.35. The number of methoxy groups -OCH3 is 2. The molecule has 0 bridgehead atoms. The SMILES string of the molecule is COc1ccc(C(=O)N2c3ccc(F)cc3CC[C@H]2C)cc1OC. The van der Waals surface area contributed by atoms with Gasteiger partial charge in [-0.05, 0) is 61.7 Å². The van der Waals surface area contributed by atoms with Gasteiger partial charge in [0.15, 0.2) is 11.5 Å². The second kappa shape index (κ2) is 6.51. The molecule has 0 N–H and O–H groups in total. The largest absolute Gasteiger partial charge is 0.493 e. The minimum Gasteiger partial charge on any atom is -0.493 e. The molecule has 0 aromatic heterocycles. The van der Waals surface area contributed by atoms with Crippen LogP contribution in [-0.2, 0) is 6.42 Å². The first-order valence-corrected chi connectivity index (χ1v) is 7.89. The summed E-state index contributed by atoms with van der Waals surface area (Å²) in [6.07, 6.45) is 1.57. The van der Waals surface area contributed by atoms with Crippen LogP contribution in [0.25, 0.3) is 0 Å². The van der Waals surface area contributed by atoms with E-state index in [1.54, 1.807) is 36.3 Å². The van der Waals surface area contributed by atoms with Crippen LogP contribution < -0.4 is 14.4 Å². The Labute approximate surface area is 140 Å². The first-order chi connectivity index (χ1) is 11.5. The summed E-state index contributed by atoms with van der Waals surface area (Å²) < 4.78 is 24.0. The lowest BCUT2D eigenvalue weighted by molar-refractivity contribution is 0.0974. The fourth-order valence-electron chi connectivity index (χ4n) is 3.14. The average molecular weight is 329 g/mol. The molecule has 4 nitrogen and oxygen atoms in total. The third-order valence-corrected chi connectivity index (χ3v) is 4.42. The van der Waals surface area contributed by atoms with Crippen molar-refractivity contribution in [1.29, 1.82) is 0 Å². The summed E-state index contributed by atoms with van der Waals surface area (Å²) in [6.45, 7) is 2.00. The van der Waals surface area contributed by atoms with Crippen LogP contribution in [0.3, 0.4) is 0 Å². The summed E-state index contributed by atoms with van der Waals surface area (Å²) in [6, 6.07) is 9.73. The van der Waals surface area contributed by atoms with Gasteiger partial charge in [-0.2, -0.15) is 0 Å². The van der Waals surface area contributed by atoms with Gasteiger partial charge in [0.1, 0.15) is 5.82 Å². The topological polar surface area (TPSA) is 38.8 Å². The minimum absolute atomic E-state index is 0.0450. The average Bonchev–Trinajstić information content (AvgIpc) is 2.60. The highest BCUT2D eigenvalue weighted by molar-refractivity contribution is 6.07. The zero-order valence-corrected chi connectivity index (χ0v) is 14.0. The molecular weight excluding hydrogens is 309 g/mol. The predicted octanol–water partition coefficient (Wildman–Crippen LogP) is 3.82. The highest BCUT2D eigenvalue weighted by Gasteiger charge is 2.29. The fraction of sp³-hybridized carbons (Fsp3) is 0.316. The number of fused-ring (bicyclic) bond motifs is 1. The zero-order valence-electron chi connectivity index (χ0n) is 14.0. The Morgan fingerprint density at radius 1 is 1.12 bits per heavy atom. The highest BCUT2D eigenvalue weighted by Crippen LogP contribution is 2.34. The van der Waals surface area contributed by atoms with Crippen LogP contribution >= 0.6 is 0 Å². The molecule has 0 radical (unpaired) electrons. The third-order valence-electron chi connectivity index (χ3n) is 4.42. The van der Waals surface area contributed by atoms with E-state index in [0.717, 1.165) is 24.1 Å². The van der Waals surface area contributed by atoms with E-state index < -0.39 is 0 Å². The Morgan fingerprint density at radius 2 is 1.88 bits per heavy atom. The van der Waals surface area contributed by atoms with Crippen molar-refractivity contribution in [3.05, 3.63) is 53.3 Å². The van der Waals surface area contributed by atoms with E-state index in [9.17, 15) is 9.18 Å². The molecule has 1 aliphatic rings. The summed E-state index contributed by atoms with van der Waals surface area (Å²) in [5.74, 6) is 0.674. The van der Waals surface area contributed by atoms with Crippen molar-refractivity contribution in [3.63, 3.8) is 0 Å². The molecule has 2 aromatic rings. The maximum Gasteiger partial charge on any atom is 0.258 e. The van der Waals surface area contributed by atoms with Crippen molar-refractivity contribution in [2.45, 2.75) is 25.8 Å². The van der Waals surface area contributed by atoms with Gasteiger partial charge in [0.2, 0.25) is 0 Å². The van der Waals surface area contributed by atoms with Crippen LogP contribution in [0.5, 0.6) is 11.5 Å². The Kier molecular flexibility index (Phi) is 4.42. The Balaban J connectivity index is 2.01. The Morgan fingerprint density at radius 3 is 2.58 bits per heavy atom. The molecule has 3 rings (SSSR count). The van der Waals surface area contributed by atoms with Crippen molar-refractivity contribution >= 4 is 11.6 Å². The van der Waals surface area contributed by atoms with Crippen LogP contribution in [0, 0.1) is 5.82 Å². The number of hydrogen-bond acceptors (Lipinski definition) is 3. The summed E-state index contributed by atoms with van der Waals surface area (Å²) in [4.78, 5) is 14.8. The van der Waals surface area contributed by atoms with Gasteiger partial charge in [-0.1, -0.05) is 0 Å². The number of rotatable bonds is 3. The molecule has 1 amide bonds. The van der Waals surface area contributed by atoms with Gasteiger partial charge in [-0.3, -0.25) is 4.79 Å². The Hall–Kier alpha value is -2.56. The summed E-state index contributed by atoms with van der Waals surface area (Å²) >= 11 is 0. The second-order valence-electron chi connectivity index (χ2n) is 5.91. The molecule has 24 heavy (non-hydrogen) atoms. The number of carbonyl (C=O) groups is 1. The van der Waals surface area contributed by atoms with Crippen molar-refractivity contribution in [2.24, 2.45) is 0 Å². The molecule has 5 heteroatoms. The van der Waals surface area contributed by atoms with Crippen molar-refractivity contribution in [2.75, 3.05) is 19.1 Å². The van der Waals surface area contributed by atoms with E-state index in [0.29, 0.717) is 17.1 Å². The number of nitrogens with zero attached hydrogens (tertiary/aromatic N) is 1. The molecule has 0 saturated carbocycles. The normalized spacial score (nSPS) is 16.5. The van der Waals surface area contributed by atoms with Crippen molar-refractivity contribution in [3.8, 4) is 11.5 Å². The fourth-order valence-corrected chi connectivity index (χ4v) is 3.14. The number of carbonyl (C=O) groups excluding carboxylic acids is 1. The van der Waals surface area contributed by atoms with E-state index in [1.165, 1.54) is 19.2 Å². The number of ether oxygens (including phenoxy) is 2. The van der Waals surface area contributed by atoms with E-state index in [4.69, 9.17) is 9.47 Å². The van der Waals surface area contributed by atoms with Gasteiger partial charge in [0.25, 0.3) is 5.91 Å². The maximum atomic E-state index is 13.5. The lowest BCUT2D eigenvalue weighted by atomic mass is 9.95. The van der Waals surface area contributed by atoms with Gasteiger partial charge in [-0.15, -0.1) is 0 Å². The molecule has 0 unspecified atom stereocenters. The number of amides is 1. The van der Waals surface area contributed by atoms with Gasteiger partial charge in [0.05, 0.1) is 14.2 Å². The van der Waals surface area contributed by atoms with Gasteiger partial charge >= 0.3 is 0 Å². The number of halogens is 1. The van der Waals surface area contributed by atoms with Crippen LogP contribution in [-0.4, -0.2) is 26.2 Å². The molecule has 1 atom stereocenters. The second-order valence-corrected chi connectivity index (χ2v) is 5.91. The standard InChI is InChI=1S/C19H20FNO3/c1-12-4-5-13-10-15(20)7-8-16(13)21(12)19(22)14-6-9-17(23-2)18(11-14)24-3/h6-12H,4-5H2,1-3H3/t12-/m1/s1. The number of anilines is 1. The number of hydrogen-bond donors (Lipinski definition) is 0. The van der Waals surface area contributed by atoms with E-state index in [-0.39, 0.29) is 17.8 Å². The summed E-state index contributed by atoms with van der Waals surface area (Å²) in [5, 5.41) is 0. The molecule has 1 heterocycles. The first kappa shape index (κ1) is 16.3. The number of aryl methyl sites for hydroxylation is 1. The lowest BCUT2D eigenvalue weighted by Crippen LogP contribution is -2.42. The summed E-state index contributed by atoms with van der Waals surface area (Å²) in [5.41, 5.74) is 2.15. The molecule has 0 spiro atoms. The predicted molar refractivity (Wildman–Crippen MR) is 90.5 cm³/mol. The van der Waals surface area contributed by atoms with E-state index in [2.05, 4.69) is 0 Å².